The predicted molar refractivity (Wildman–Crippen MR) is 81.3 cm³/mol. The van der Waals surface area contributed by atoms with E-state index in [1.54, 1.807) is 12.1 Å². The van der Waals surface area contributed by atoms with E-state index < -0.39 is 0 Å². The second-order valence-electron chi connectivity index (χ2n) is 5.54. The van der Waals surface area contributed by atoms with Crippen molar-refractivity contribution in [2.75, 3.05) is 13.1 Å². The van der Waals surface area contributed by atoms with Crippen LogP contribution < -0.4 is 0 Å². The summed E-state index contributed by atoms with van der Waals surface area (Å²) >= 11 is 5.91. The lowest BCUT2D eigenvalue weighted by molar-refractivity contribution is 0.0757. The van der Waals surface area contributed by atoms with Crippen LogP contribution >= 0.6 is 11.6 Å². The zero-order chi connectivity index (χ0) is 14.5. The number of rotatable bonds is 3. The Morgan fingerprint density at radius 2 is 2.20 bits per heavy atom. The lowest BCUT2D eigenvalue weighted by Crippen LogP contribution is -2.32. The summed E-state index contributed by atoms with van der Waals surface area (Å²) < 4.78 is 0. The van der Waals surface area contributed by atoms with Crippen LogP contribution in [0.1, 0.15) is 49.4 Å². The number of nitrogens with zero attached hydrogens (tertiary/aromatic N) is 1. The van der Waals surface area contributed by atoms with Crippen LogP contribution in [0.15, 0.2) is 18.2 Å². The molecule has 2 rings (SSSR count). The number of phenols is 1. The average Bonchev–Trinajstić information content (AvgIpc) is 2.67. The number of likely N-dealkylation sites (tertiary alicyclic amines) is 1. The van der Waals surface area contributed by atoms with Gasteiger partial charge in [0.15, 0.2) is 0 Å². The fourth-order valence-corrected chi connectivity index (χ4v) is 3.09. The summed E-state index contributed by atoms with van der Waals surface area (Å²) in [6.45, 7) is 3.75. The second-order valence-corrected chi connectivity index (χ2v) is 5.98. The Morgan fingerprint density at radius 1 is 1.40 bits per heavy atom. The van der Waals surface area contributed by atoms with Crippen LogP contribution in [0.4, 0.5) is 0 Å². The molecule has 0 spiro atoms. The number of carbonyl (C=O) groups is 1. The Labute approximate surface area is 125 Å². The van der Waals surface area contributed by atoms with Crippen molar-refractivity contribution in [2.24, 2.45) is 5.92 Å². The minimum atomic E-state index is -0.109. The van der Waals surface area contributed by atoms with Gasteiger partial charge in [-0.1, -0.05) is 31.4 Å². The van der Waals surface area contributed by atoms with Crippen molar-refractivity contribution < 1.29 is 9.90 Å². The van der Waals surface area contributed by atoms with Gasteiger partial charge in [-0.3, -0.25) is 4.79 Å². The van der Waals surface area contributed by atoms with Crippen molar-refractivity contribution in [3.05, 3.63) is 28.8 Å². The van der Waals surface area contributed by atoms with Crippen LogP contribution in [0.5, 0.6) is 5.75 Å². The molecule has 1 fully saturated rings. The number of benzene rings is 1. The highest BCUT2D eigenvalue weighted by Gasteiger charge is 2.23. The van der Waals surface area contributed by atoms with Gasteiger partial charge >= 0.3 is 0 Å². The molecule has 1 aliphatic heterocycles. The van der Waals surface area contributed by atoms with Gasteiger partial charge in [0.25, 0.3) is 5.91 Å². The molecule has 20 heavy (non-hydrogen) atoms. The Kier molecular flexibility index (Phi) is 5.30. The lowest BCUT2D eigenvalue weighted by atomic mass is 9.96. The van der Waals surface area contributed by atoms with Crippen LogP contribution in [0.2, 0.25) is 5.02 Å². The van der Waals surface area contributed by atoms with Gasteiger partial charge in [0.05, 0.1) is 5.56 Å². The molecule has 1 unspecified atom stereocenters. The maximum Gasteiger partial charge on any atom is 0.257 e. The first-order chi connectivity index (χ1) is 9.61. The first-order valence-electron chi connectivity index (χ1n) is 7.39. The Bertz CT molecular complexity index is 476. The number of hydrogen-bond donors (Lipinski definition) is 1. The molecular formula is C16H22ClNO2. The van der Waals surface area contributed by atoms with E-state index in [-0.39, 0.29) is 11.7 Å². The van der Waals surface area contributed by atoms with Crippen LogP contribution in [0.3, 0.4) is 0 Å². The van der Waals surface area contributed by atoms with Gasteiger partial charge in [-0.05, 0) is 43.4 Å². The zero-order valence-corrected chi connectivity index (χ0v) is 12.7. The summed E-state index contributed by atoms with van der Waals surface area (Å²) in [6.07, 6.45) is 5.73. The maximum atomic E-state index is 12.5. The molecule has 0 radical (unpaired) electrons. The average molecular weight is 296 g/mol. The van der Waals surface area contributed by atoms with Crippen LogP contribution in [0, 0.1) is 5.92 Å². The van der Waals surface area contributed by atoms with E-state index in [0.29, 0.717) is 10.6 Å². The third-order valence-electron chi connectivity index (χ3n) is 4.02. The molecule has 1 N–H and O–H groups in total. The van der Waals surface area contributed by atoms with Crippen molar-refractivity contribution in [1.29, 1.82) is 0 Å². The molecule has 4 heteroatoms. The van der Waals surface area contributed by atoms with Gasteiger partial charge in [-0.2, -0.15) is 0 Å². The quantitative estimate of drug-likeness (QED) is 0.912. The fraction of sp³-hybridized carbons (Fsp3) is 0.562. The Balaban J connectivity index is 2.07. The minimum absolute atomic E-state index is 0.00811. The molecule has 3 nitrogen and oxygen atoms in total. The van der Waals surface area contributed by atoms with E-state index in [9.17, 15) is 9.90 Å². The van der Waals surface area contributed by atoms with Gasteiger partial charge in [0, 0.05) is 18.1 Å². The Morgan fingerprint density at radius 3 is 2.95 bits per heavy atom. The number of phenolic OH excluding ortho intramolecular Hbond substituents is 1. The highest BCUT2D eigenvalue weighted by molar-refractivity contribution is 6.31. The van der Waals surface area contributed by atoms with Gasteiger partial charge in [0.2, 0.25) is 0 Å². The normalized spacial score (nSPS) is 19.7. The molecule has 1 aliphatic rings. The van der Waals surface area contributed by atoms with Crippen molar-refractivity contribution in [2.45, 2.75) is 39.0 Å². The van der Waals surface area contributed by atoms with Crippen molar-refractivity contribution in [1.82, 2.24) is 4.90 Å². The Hall–Kier alpha value is -1.22. The standard InChI is InChI=1S/C16H22ClNO2/c1-2-4-12-5-3-9-18(10-8-12)16(20)14-11-13(17)6-7-15(14)19/h6-7,11-12,19H,2-5,8-10H2,1H3. The summed E-state index contributed by atoms with van der Waals surface area (Å²) in [4.78, 5) is 14.3. The maximum absolute atomic E-state index is 12.5. The van der Waals surface area contributed by atoms with Crippen LogP contribution in [0.25, 0.3) is 0 Å². The highest BCUT2D eigenvalue weighted by Crippen LogP contribution is 2.26. The van der Waals surface area contributed by atoms with E-state index in [4.69, 9.17) is 11.6 Å². The fourth-order valence-electron chi connectivity index (χ4n) is 2.92. The van der Waals surface area contributed by atoms with Gasteiger partial charge in [-0.15, -0.1) is 0 Å². The van der Waals surface area contributed by atoms with Gasteiger partial charge < -0.3 is 10.0 Å². The summed E-state index contributed by atoms with van der Waals surface area (Å²) in [5.41, 5.74) is 0.312. The van der Waals surface area contributed by atoms with E-state index >= 15 is 0 Å². The second kappa shape index (κ2) is 6.98. The van der Waals surface area contributed by atoms with E-state index in [0.717, 1.165) is 31.8 Å². The molecule has 0 aliphatic carbocycles. The largest absolute Gasteiger partial charge is 0.507 e. The van der Waals surface area contributed by atoms with Crippen molar-refractivity contribution >= 4 is 17.5 Å². The molecule has 110 valence electrons. The zero-order valence-electron chi connectivity index (χ0n) is 11.9. The molecule has 1 saturated heterocycles. The van der Waals surface area contributed by atoms with Gasteiger partial charge in [-0.25, -0.2) is 0 Å². The van der Waals surface area contributed by atoms with Crippen LogP contribution in [-0.2, 0) is 0 Å². The molecule has 0 aromatic heterocycles. The van der Waals surface area contributed by atoms with E-state index in [1.807, 2.05) is 4.90 Å². The summed E-state index contributed by atoms with van der Waals surface area (Å²) in [6, 6.07) is 4.62. The molecule has 1 aromatic rings. The van der Waals surface area contributed by atoms with E-state index in [2.05, 4.69) is 6.92 Å². The summed E-state index contributed by atoms with van der Waals surface area (Å²) in [5.74, 6) is 0.627. The third kappa shape index (κ3) is 3.66. The molecular weight excluding hydrogens is 274 g/mol. The van der Waals surface area contributed by atoms with E-state index in [1.165, 1.54) is 25.3 Å². The molecule has 1 amide bonds. The molecule has 1 atom stereocenters. The first kappa shape index (κ1) is 15.2. The summed E-state index contributed by atoms with van der Waals surface area (Å²) in [5, 5.41) is 10.3. The molecule has 1 heterocycles. The number of halogens is 1. The number of aromatic hydroxyl groups is 1. The number of hydrogen-bond acceptors (Lipinski definition) is 2. The lowest BCUT2D eigenvalue weighted by Gasteiger charge is -2.21. The van der Waals surface area contributed by atoms with Crippen molar-refractivity contribution in [3.63, 3.8) is 0 Å². The third-order valence-corrected chi connectivity index (χ3v) is 4.26. The number of carbonyl (C=O) groups excluding carboxylic acids is 1. The minimum Gasteiger partial charge on any atom is -0.507 e. The van der Waals surface area contributed by atoms with Crippen LogP contribution in [-0.4, -0.2) is 29.0 Å². The topological polar surface area (TPSA) is 40.5 Å². The first-order valence-corrected chi connectivity index (χ1v) is 7.77. The smallest absolute Gasteiger partial charge is 0.257 e. The highest BCUT2D eigenvalue weighted by atomic mass is 35.5. The predicted octanol–water partition coefficient (Wildman–Crippen LogP) is 4.09. The van der Waals surface area contributed by atoms with Crippen molar-refractivity contribution in [3.8, 4) is 5.75 Å². The molecule has 0 saturated carbocycles. The monoisotopic (exact) mass is 295 g/mol. The molecule has 0 bridgehead atoms. The molecule has 1 aromatic carbocycles. The van der Waals surface area contributed by atoms with Gasteiger partial charge in [0.1, 0.15) is 5.75 Å². The SMILES string of the molecule is CCCC1CCCN(C(=O)c2cc(Cl)ccc2O)CC1. The number of amides is 1. The summed E-state index contributed by atoms with van der Waals surface area (Å²) in [7, 11) is 0.